The summed E-state index contributed by atoms with van der Waals surface area (Å²) < 4.78 is 0. The summed E-state index contributed by atoms with van der Waals surface area (Å²) in [5.41, 5.74) is 5.54. The van der Waals surface area contributed by atoms with Crippen molar-refractivity contribution in [3.63, 3.8) is 0 Å². The molecule has 3 heteroatoms. The van der Waals surface area contributed by atoms with Crippen LogP contribution in [0.3, 0.4) is 0 Å². The third-order valence-electron chi connectivity index (χ3n) is 3.39. The van der Waals surface area contributed by atoms with Crippen molar-refractivity contribution in [2.45, 2.75) is 71.3 Å². The predicted molar refractivity (Wildman–Crippen MR) is 73.9 cm³/mol. The molecule has 0 spiro atoms. The number of unbranched alkanes of at least 4 members (excludes halogenated alkanes) is 6. The van der Waals surface area contributed by atoms with E-state index in [1.165, 1.54) is 38.5 Å². The number of hydrogen-bond acceptors (Lipinski definition) is 2. The predicted octanol–water partition coefficient (Wildman–Crippen LogP) is 2.93. The number of carbonyl (C=O) groups is 1. The Morgan fingerprint density at radius 1 is 1.12 bits per heavy atom. The minimum atomic E-state index is 0.159. The van der Waals surface area contributed by atoms with E-state index in [9.17, 15) is 4.79 Å². The first-order valence-corrected chi connectivity index (χ1v) is 7.09. The molecule has 1 atom stereocenters. The largest absolute Gasteiger partial charge is 0.342 e. The summed E-state index contributed by atoms with van der Waals surface area (Å²) >= 11 is 0. The molecule has 1 amide bonds. The van der Waals surface area contributed by atoms with Crippen LogP contribution < -0.4 is 5.73 Å². The van der Waals surface area contributed by atoms with Crippen LogP contribution >= 0.6 is 0 Å². The van der Waals surface area contributed by atoms with Gasteiger partial charge in [0.25, 0.3) is 0 Å². The molecular formula is C14H30N2O. The third-order valence-corrected chi connectivity index (χ3v) is 3.39. The number of likely N-dealkylation sites (N-methyl/N-ethyl adjacent to an activating group) is 1. The number of nitrogens with two attached hydrogens (primary N) is 1. The van der Waals surface area contributed by atoms with E-state index in [4.69, 9.17) is 5.73 Å². The lowest BCUT2D eigenvalue weighted by Crippen LogP contribution is -2.39. The van der Waals surface area contributed by atoms with Crippen molar-refractivity contribution in [3.05, 3.63) is 0 Å². The summed E-state index contributed by atoms with van der Waals surface area (Å²) in [4.78, 5) is 13.5. The van der Waals surface area contributed by atoms with Crippen molar-refractivity contribution in [1.82, 2.24) is 4.90 Å². The van der Waals surface area contributed by atoms with E-state index in [0.29, 0.717) is 13.0 Å². The maximum absolute atomic E-state index is 11.7. The molecule has 0 aliphatic heterocycles. The van der Waals surface area contributed by atoms with Crippen LogP contribution in [-0.2, 0) is 4.79 Å². The van der Waals surface area contributed by atoms with Crippen LogP contribution in [0.15, 0.2) is 0 Å². The van der Waals surface area contributed by atoms with Gasteiger partial charge in [-0.3, -0.25) is 4.79 Å². The van der Waals surface area contributed by atoms with Crippen molar-refractivity contribution >= 4 is 5.91 Å². The lowest BCUT2D eigenvalue weighted by molar-refractivity contribution is -0.131. The molecule has 0 radical (unpaired) electrons. The van der Waals surface area contributed by atoms with Crippen LogP contribution in [0.1, 0.15) is 65.2 Å². The molecule has 0 aromatic heterocycles. The van der Waals surface area contributed by atoms with Gasteiger partial charge in [-0.1, -0.05) is 45.4 Å². The summed E-state index contributed by atoms with van der Waals surface area (Å²) in [6, 6.07) is 0.159. The zero-order valence-corrected chi connectivity index (χ0v) is 11.9. The number of rotatable bonds is 10. The van der Waals surface area contributed by atoms with Crippen LogP contribution in [-0.4, -0.2) is 30.4 Å². The van der Waals surface area contributed by atoms with Gasteiger partial charge >= 0.3 is 0 Å². The van der Waals surface area contributed by atoms with Gasteiger partial charge in [-0.15, -0.1) is 0 Å². The van der Waals surface area contributed by atoms with E-state index >= 15 is 0 Å². The fourth-order valence-corrected chi connectivity index (χ4v) is 1.81. The smallest absolute Gasteiger partial charge is 0.222 e. The fourth-order valence-electron chi connectivity index (χ4n) is 1.81. The molecule has 102 valence electrons. The Kier molecular flexibility index (Phi) is 10.2. The second-order valence-corrected chi connectivity index (χ2v) is 4.96. The van der Waals surface area contributed by atoms with Gasteiger partial charge in [0.05, 0.1) is 0 Å². The average molecular weight is 242 g/mol. The van der Waals surface area contributed by atoms with E-state index in [0.717, 1.165) is 6.42 Å². The Morgan fingerprint density at radius 3 is 2.18 bits per heavy atom. The van der Waals surface area contributed by atoms with Gasteiger partial charge < -0.3 is 10.6 Å². The van der Waals surface area contributed by atoms with Gasteiger partial charge in [-0.05, 0) is 13.3 Å². The quantitative estimate of drug-likeness (QED) is 0.599. The van der Waals surface area contributed by atoms with Crippen molar-refractivity contribution < 1.29 is 4.79 Å². The molecule has 1 unspecified atom stereocenters. The molecule has 3 nitrogen and oxygen atoms in total. The molecule has 0 fully saturated rings. The summed E-state index contributed by atoms with van der Waals surface area (Å²) in [7, 11) is 1.85. The van der Waals surface area contributed by atoms with Gasteiger partial charge in [-0.2, -0.15) is 0 Å². The Morgan fingerprint density at radius 2 is 1.65 bits per heavy atom. The van der Waals surface area contributed by atoms with E-state index in [2.05, 4.69) is 6.92 Å². The Balaban J connectivity index is 3.45. The van der Waals surface area contributed by atoms with Gasteiger partial charge in [0.1, 0.15) is 0 Å². The molecule has 0 heterocycles. The first kappa shape index (κ1) is 16.4. The van der Waals surface area contributed by atoms with Crippen molar-refractivity contribution in [2.24, 2.45) is 5.73 Å². The standard InChI is InChI=1S/C14H30N2O/c1-4-5-6-7-8-9-10-11-14(17)16(3)13(2)12-15/h13H,4-12,15H2,1-3H3. The zero-order chi connectivity index (χ0) is 13.1. The molecule has 0 saturated heterocycles. The SMILES string of the molecule is CCCCCCCCCC(=O)N(C)C(C)CN. The van der Waals surface area contributed by atoms with E-state index in [1.807, 2.05) is 14.0 Å². The van der Waals surface area contributed by atoms with Crippen LogP contribution in [0.2, 0.25) is 0 Å². The highest BCUT2D eigenvalue weighted by Gasteiger charge is 2.13. The molecule has 0 bridgehead atoms. The Hall–Kier alpha value is -0.570. The molecule has 0 aromatic carbocycles. The molecule has 0 aromatic rings. The monoisotopic (exact) mass is 242 g/mol. The normalized spacial score (nSPS) is 12.5. The van der Waals surface area contributed by atoms with Gasteiger partial charge in [0, 0.05) is 26.1 Å². The molecular weight excluding hydrogens is 212 g/mol. The lowest BCUT2D eigenvalue weighted by Gasteiger charge is -2.23. The number of nitrogens with zero attached hydrogens (tertiary/aromatic N) is 1. The third kappa shape index (κ3) is 8.19. The average Bonchev–Trinajstić information content (AvgIpc) is 2.35. The maximum atomic E-state index is 11.7. The summed E-state index contributed by atoms with van der Waals surface area (Å²) in [5, 5.41) is 0. The topological polar surface area (TPSA) is 46.3 Å². The number of amides is 1. The zero-order valence-electron chi connectivity index (χ0n) is 11.9. The molecule has 0 aliphatic rings. The van der Waals surface area contributed by atoms with Crippen LogP contribution in [0.5, 0.6) is 0 Å². The molecule has 0 aliphatic carbocycles. The van der Waals surface area contributed by atoms with E-state index in [1.54, 1.807) is 4.90 Å². The van der Waals surface area contributed by atoms with Crippen LogP contribution in [0.4, 0.5) is 0 Å². The molecule has 2 N–H and O–H groups in total. The Bertz CT molecular complexity index is 195. The van der Waals surface area contributed by atoms with E-state index in [-0.39, 0.29) is 11.9 Å². The van der Waals surface area contributed by atoms with Crippen LogP contribution in [0, 0.1) is 0 Å². The fraction of sp³-hybridized carbons (Fsp3) is 0.929. The van der Waals surface area contributed by atoms with Gasteiger partial charge in [-0.25, -0.2) is 0 Å². The van der Waals surface area contributed by atoms with Gasteiger partial charge in [0.2, 0.25) is 5.91 Å². The first-order chi connectivity index (χ1) is 8.13. The minimum absolute atomic E-state index is 0.159. The van der Waals surface area contributed by atoms with Crippen molar-refractivity contribution in [1.29, 1.82) is 0 Å². The highest BCUT2D eigenvalue weighted by atomic mass is 16.2. The Labute approximate surface area is 107 Å². The second kappa shape index (κ2) is 10.6. The first-order valence-electron chi connectivity index (χ1n) is 7.09. The maximum Gasteiger partial charge on any atom is 0.222 e. The molecule has 17 heavy (non-hydrogen) atoms. The highest BCUT2D eigenvalue weighted by molar-refractivity contribution is 5.76. The van der Waals surface area contributed by atoms with Gasteiger partial charge in [0.15, 0.2) is 0 Å². The van der Waals surface area contributed by atoms with Crippen LogP contribution in [0.25, 0.3) is 0 Å². The molecule has 0 rings (SSSR count). The summed E-state index contributed by atoms with van der Waals surface area (Å²) in [6.45, 7) is 4.76. The minimum Gasteiger partial charge on any atom is -0.342 e. The van der Waals surface area contributed by atoms with Crippen molar-refractivity contribution in [3.8, 4) is 0 Å². The van der Waals surface area contributed by atoms with E-state index < -0.39 is 0 Å². The lowest BCUT2D eigenvalue weighted by atomic mass is 10.1. The summed E-state index contributed by atoms with van der Waals surface area (Å²) in [6.07, 6.45) is 9.44. The summed E-state index contributed by atoms with van der Waals surface area (Å²) in [5.74, 6) is 0.233. The highest BCUT2D eigenvalue weighted by Crippen LogP contribution is 2.09. The number of hydrogen-bond donors (Lipinski definition) is 1. The molecule has 0 saturated carbocycles. The second-order valence-electron chi connectivity index (χ2n) is 4.96. The van der Waals surface area contributed by atoms with Crippen molar-refractivity contribution in [2.75, 3.05) is 13.6 Å². The number of carbonyl (C=O) groups excluding carboxylic acids is 1.